The topological polar surface area (TPSA) is 81.5 Å². The normalized spacial score (nSPS) is 14.1. The van der Waals surface area contributed by atoms with E-state index in [2.05, 4.69) is 5.32 Å². The standard InChI is InChI=1S/C23H29N3O5/c1-29-19-10-9-18(21(30-2)22(19)31-3)16-25-11-13-26(14-12-25)20(27)15-24-23(28)17-7-5-4-6-8-17/h4-10H,11-16H2,1-3H3,(H,24,28)/p+1. The van der Waals surface area contributed by atoms with E-state index in [0.717, 1.165) is 25.2 Å². The third kappa shape index (κ3) is 5.46. The summed E-state index contributed by atoms with van der Waals surface area (Å²) in [5, 5.41) is 2.71. The number of carbonyl (C=O) groups excluding carboxylic acids is 2. The minimum Gasteiger partial charge on any atom is -0.493 e. The molecule has 8 heteroatoms. The Morgan fingerprint density at radius 1 is 0.935 bits per heavy atom. The van der Waals surface area contributed by atoms with Crippen LogP contribution < -0.4 is 24.4 Å². The van der Waals surface area contributed by atoms with Crippen molar-refractivity contribution in [1.82, 2.24) is 10.2 Å². The van der Waals surface area contributed by atoms with Gasteiger partial charge in [0.2, 0.25) is 11.7 Å². The van der Waals surface area contributed by atoms with Crippen molar-refractivity contribution in [3.8, 4) is 17.2 Å². The van der Waals surface area contributed by atoms with E-state index in [9.17, 15) is 9.59 Å². The number of nitrogens with zero attached hydrogens (tertiary/aromatic N) is 1. The van der Waals surface area contributed by atoms with Crippen molar-refractivity contribution in [1.29, 1.82) is 0 Å². The molecule has 2 aromatic rings. The lowest BCUT2D eigenvalue weighted by Gasteiger charge is -2.32. The SMILES string of the molecule is COc1ccc(C[NH+]2CCN(C(=O)CNC(=O)c3ccccc3)CC2)c(OC)c1OC. The van der Waals surface area contributed by atoms with Gasteiger partial charge in [-0.15, -0.1) is 0 Å². The van der Waals surface area contributed by atoms with Crippen LogP contribution in [-0.4, -0.2) is 70.8 Å². The summed E-state index contributed by atoms with van der Waals surface area (Å²) in [5.41, 5.74) is 1.58. The second-order valence-corrected chi connectivity index (χ2v) is 7.35. The number of carbonyl (C=O) groups is 2. The zero-order valence-corrected chi connectivity index (χ0v) is 18.3. The molecule has 0 radical (unpaired) electrons. The van der Waals surface area contributed by atoms with Gasteiger partial charge < -0.3 is 29.3 Å². The quantitative estimate of drug-likeness (QED) is 0.635. The molecule has 0 spiro atoms. The average molecular weight is 429 g/mol. The zero-order chi connectivity index (χ0) is 22.2. The number of benzene rings is 2. The first kappa shape index (κ1) is 22.4. The van der Waals surface area contributed by atoms with Crippen LogP contribution in [0.3, 0.4) is 0 Å². The van der Waals surface area contributed by atoms with E-state index >= 15 is 0 Å². The highest BCUT2D eigenvalue weighted by Crippen LogP contribution is 2.39. The number of rotatable bonds is 8. The molecule has 1 aliphatic rings. The number of piperazine rings is 1. The molecule has 2 amide bonds. The predicted molar refractivity (Wildman–Crippen MR) is 116 cm³/mol. The van der Waals surface area contributed by atoms with Crippen molar-refractivity contribution in [2.45, 2.75) is 6.54 Å². The molecule has 0 aliphatic carbocycles. The largest absolute Gasteiger partial charge is 0.493 e. The summed E-state index contributed by atoms with van der Waals surface area (Å²) in [6, 6.07) is 12.8. The summed E-state index contributed by atoms with van der Waals surface area (Å²) in [4.78, 5) is 27.8. The zero-order valence-electron chi connectivity index (χ0n) is 18.3. The van der Waals surface area contributed by atoms with E-state index < -0.39 is 0 Å². The molecule has 0 atom stereocenters. The molecule has 1 fully saturated rings. The molecule has 0 aromatic heterocycles. The molecular formula is C23H30N3O5+. The number of hydrogen-bond acceptors (Lipinski definition) is 5. The lowest BCUT2D eigenvalue weighted by atomic mass is 10.1. The summed E-state index contributed by atoms with van der Waals surface area (Å²) in [7, 11) is 4.81. The van der Waals surface area contributed by atoms with Gasteiger partial charge in [0, 0.05) is 5.56 Å². The summed E-state index contributed by atoms with van der Waals surface area (Å²) >= 11 is 0. The molecule has 2 aromatic carbocycles. The van der Waals surface area contributed by atoms with Gasteiger partial charge in [-0.1, -0.05) is 18.2 Å². The minimum atomic E-state index is -0.237. The van der Waals surface area contributed by atoms with Crippen LogP contribution in [0.15, 0.2) is 42.5 Å². The number of amides is 2. The Morgan fingerprint density at radius 2 is 1.61 bits per heavy atom. The molecule has 8 nitrogen and oxygen atoms in total. The molecule has 0 saturated carbocycles. The van der Waals surface area contributed by atoms with Gasteiger partial charge in [-0.05, 0) is 24.3 Å². The Bertz CT molecular complexity index is 896. The molecule has 3 rings (SSSR count). The third-order valence-corrected chi connectivity index (χ3v) is 5.49. The van der Waals surface area contributed by atoms with Crippen molar-refractivity contribution < 1.29 is 28.7 Å². The van der Waals surface area contributed by atoms with Gasteiger partial charge in [0.1, 0.15) is 6.54 Å². The van der Waals surface area contributed by atoms with Crippen LogP contribution in [0.4, 0.5) is 0 Å². The molecule has 1 heterocycles. The van der Waals surface area contributed by atoms with E-state index in [1.807, 2.05) is 18.2 Å². The number of ether oxygens (including phenoxy) is 3. The second kappa shape index (κ2) is 10.7. The highest BCUT2D eigenvalue weighted by Gasteiger charge is 2.26. The van der Waals surface area contributed by atoms with Crippen LogP contribution in [0, 0.1) is 0 Å². The van der Waals surface area contributed by atoms with Gasteiger partial charge in [0.25, 0.3) is 5.91 Å². The molecule has 0 bridgehead atoms. The highest BCUT2D eigenvalue weighted by atomic mass is 16.5. The average Bonchev–Trinajstić information content (AvgIpc) is 2.82. The monoisotopic (exact) mass is 428 g/mol. The van der Waals surface area contributed by atoms with E-state index in [1.54, 1.807) is 50.5 Å². The van der Waals surface area contributed by atoms with Crippen LogP contribution in [0.2, 0.25) is 0 Å². The number of quaternary nitrogens is 1. The fraction of sp³-hybridized carbons (Fsp3) is 0.391. The first-order chi connectivity index (χ1) is 15.1. The Morgan fingerprint density at radius 3 is 2.23 bits per heavy atom. The molecule has 1 aliphatic heterocycles. The summed E-state index contributed by atoms with van der Waals surface area (Å²) in [5.74, 6) is 1.60. The molecule has 1 saturated heterocycles. The summed E-state index contributed by atoms with van der Waals surface area (Å²) in [6.07, 6.45) is 0. The maximum atomic E-state index is 12.5. The third-order valence-electron chi connectivity index (χ3n) is 5.49. The Balaban J connectivity index is 1.52. The van der Waals surface area contributed by atoms with Crippen molar-refractivity contribution in [2.75, 3.05) is 54.1 Å². The molecule has 0 unspecified atom stereocenters. The molecule has 31 heavy (non-hydrogen) atoms. The van der Waals surface area contributed by atoms with E-state index in [4.69, 9.17) is 14.2 Å². The van der Waals surface area contributed by atoms with Crippen molar-refractivity contribution in [3.05, 3.63) is 53.6 Å². The smallest absolute Gasteiger partial charge is 0.251 e. The molecule has 166 valence electrons. The summed E-state index contributed by atoms with van der Waals surface area (Å²) in [6.45, 7) is 3.69. The maximum Gasteiger partial charge on any atom is 0.251 e. The second-order valence-electron chi connectivity index (χ2n) is 7.35. The number of hydrogen-bond donors (Lipinski definition) is 2. The van der Waals surface area contributed by atoms with Gasteiger partial charge in [-0.25, -0.2) is 0 Å². The summed E-state index contributed by atoms with van der Waals surface area (Å²) < 4.78 is 16.4. The lowest BCUT2D eigenvalue weighted by molar-refractivity contribution is -0.917. The first-order valence-corrected chi connectivity index (χ1v) is 10.3. The maximum absolute atomic E-state index is 12.5. The van der Waals surface area contributed by atoms with E-state index in [1.165, 1.54) is 4.90 Å². The van der Waals surface area contributed by atoms with E-state index in [-0.39, 0.29) is 18.4 Å². The van der Waals surface area contributed by atoms with Crippen molar-refractivity contribution in [3.63, 3.8) is 0 Å². The van der Waals surface area contributed by atoms with Gasteiger partial charge in [0.15, 0.2) is 11.5 Å². The van der Waals surface area contributed by atoms with Crippen LogP contribution in [-0.2, 0) is 11.3 Å². The first-order valence-electron chi connectivity index (χ1n) is 10.3. The highest BCUT2D eigenvalue weighted by molar-refractivity contribution is 5.96. The van der Waals surface area contributed by atoms with Crippen LogP contribution in [0.25, 0.3) is 0 Å². The van der Waals surface area contributed by atoms with Gasteiger partial charge in [0.05, 0.1) is 59.6 Å². The van der Waals surface area contributed by atoms with Crippen LogP contribution in [0.1, 0.15) is 15.9 Å². The fourth-order valence-electron chi connectivity index (χ4n) is 3.78. The van der Waals surface area contributed by atoms with Crippen LogP contribution in [0.5, 0.6) is 17.2 Å². The predicted octanol–water partition coefficient (Wildman–Crippen LogP) is 0.370. The minimum absolute atomic E-state index is 0.00651. The Kier molecular flexibility index (Phi) is 7.72. The molecular weight excluding hydrogens is 398 g/mol. The Labute approximate surface area is 182 Å². The van der Waals surface area contributed by atoms with Gasteiger partial charge in [-0.2, -0.15) is 0 Å². The van der Waals surface area contributed by atoms with Crippen molar-refractivity contribution in [2.24, 2.45) is 0 Å². The van der Waals surface area contributed by atoms with Gasteiger partial charge in [-0.3, -0.25) is 9.59 Å². The molecule has 2 N–H and O–H groups in total. The lowest BCUT2D eigenvalue weighted by Crippen LogP contribution is -3.13. The Hall–Kier alpha value is -3.26. The van der Waals surface area contributed by atoms with Crippen molar-refractivity contribution >= 4 is 11.8 Å². The van der Waals surface area contributed by atoms with E-state index in [0.29, 0.717) is 35.9 Å². The fourth-order valence-corrected chi connectivity index (χ4v) is 3.78. The van der Waals surface area contributed by atoms with Crippen LogP contribution >= 0.6 is 0 Å². The van der Waals surface area contributed by atoms with Gasteiger partial charge >= 0.3 is 0 Å². The number of methoxy groups -OCH3 is 3. The number of nitrogens with one attached hydrogen (secondary N) is 2.